The number of nitrogens with two attached hydrogens (primary N) is 1. The van der Waals surface area contributed by atoms with Crippen LogP contribution >= 0.6 is 11.8 Å². The number of thioether (sulfide) groups is 1. The van der Waals surface area contributed by atoms with Gasteiger partial charge < -0.3 is 11.1 Å². The molecule has 1 amide bonds. The Balaban J connectivity index is 3.75. The molecule has 3 nitrogen and oxygen atoms in total. The summed E-state index contributed by atoms with van der Waals surface area (Å²) in [6, 6.07) is -0.400. The van der Waals surface area contributed by atoms with E-state index >= 15 is 0 Å². The van der Waals surface area contributed by atoms with Crippen molar-refractivity contribution >= 4 is 17.7 Å². The summed E-state index contributed by atoms with van der Waals surface area (Å²) >= 11 is 1.69. The molecule has 3 N–H and O–H groups in total. The van der Waals surface area contributed by atoms with Crippen LogP contribution in [0.3, 0.4) is 0 Å². The van der Waals surface area contributed by atoms with Crippen molar-refractivity contribution in [2.45, 2.75) is 25.4 Å². The van der Waals surface area contributed by atoms with E-state index < -0.39 is 6.04 Å². The summed E-state index contributed by atoms with van der Waals surface area (Å²) in [7, 11) is 0. The Morgan fingerprint density at radius 2 is 2.38 bits per heavy atom. The fraction of sp³-hybridized carbons (Fsp3) is 0.667. The lowest BCUT2D eigenvalue weighted by Crippen LogP contribution is -2.44. The first-order valence-corrected chi connectivity index (χ1v) is 5.68. The second-order valence-corrected chi connectivity index (χ2v) is 3.91. The third-order valence-corrected chi connectivity index (χ3v) is 2.34. The number of hydrogen-bond donors (Lipinski definition) is 2. The van der Waals surface area contributed by atoms with Gasteiger partial charge in [0.15, 0.2) is 0 Å². The lowest BCUT2D eigenvalue weighted by Gasteiger charge is -2.14. The summed E-state index contributed by atoms with van der Waals surface area (Å²) in [5.41, 5.74) is 5.65. The van der Waals surface area contributed by atoms with Crippen molar-refractivity contribution in [3.63, 3.8) is 0 Å². The largest absolute Gasteiger partial charge is 0.349 e. The van der Waals surface area contributed by atoms with E-state index in [1.807, 2.05) is 13.2 Å². The van der Waals surface area contributed by atoms with Gasteiger partial charge in [-0.2, -0.15) is 11.8 Å². The van der Waals surface area contributed by atoms with E-state index in [9.17, 15) is 4.79 Å². The third kappa shape index (κ3) is 5.71. The van der Waals surface area contributed by atoms with Crippen molar-refractivity contribution in [2.75, 3.05) is 12.0 Å². The van der Waals surface area contributed by atoms with Gasteiger partial charge >= 0.3 is 0 Å². The molecule has 0 saturated carbocycles. The zero-order chi connectivity index (χ0) is 10.3. The average molecular weight is 202 g/mol. The van der Waals surface area contributed by atoms with Crippen molar-refractivity contribution in [1.29, 1.82) is 0 Å². The molecule has 76 valence electrons. The van der Waals surface area contributed by atoms with Crippen LogP contribution < -0.4 is 11.1 Å². The van der Waals surface area contributed by atoms with Crippen LogP contribution in [-0.4, -0.2) is 30.0 Å². The molecule has 2 atom stereocenters. The van der Waals surface area contributed by atoms with Crippen LogP contribution in [0.4, 0.5) is 0 Å². The summed E-state index contributed by atoms with van der Waals surface area (Å²) in [5.74, 6) is 0.818. The van der Waals surface area contributed by atoms with Gasteiger partial charge in [-0.25, -0.2) is 0 Å². The Hall–Kier alpha value is -0.480. The van der Waals surface area contributed by atoms with E-state index in [0.29, 0.717) is 0 Å². The molecule has 0 saturated heterocycles. The van der Waals surface area contributed by atoms with E-state index in [0.717, 1.165) is 12.2 Å². The summed E-state index contributed by atoms with van der Waals surface area (Å²) < 4.78 is 0. The zero-order valence-corrected chi connectivity index (χ0v) is 9.06. The molecule has 13 heavy (non-hydrogen) atoms. The van der Waals surface area contributed by atoms with E-state index in [2.05, 4.69) is 11.9 Å². The average Bonchev–Trinajstić information content (AvgIpc) is 2.13. The fourth-order valence-corrected chi connectivity index (χ4v) is 1.26. The van der Waals surface area contributed by atoms with Crippen molar-refractivity contribution in [3.05, 3.63) is 12.7 Å². The highest BCUT2D eigenvalue weighted by molar-refractivity contribution is 7.98. The standard InChI is InChI=1S/C9H18N2OS/c1-4-7(2)11-9(12)8(10)5-6-13-3/h4,7-8H,1,5-6,10H2,2-3H3,(H,11,12)/t7?,8-/m1/s1. The van der Waals surface area contributed by atoms with Crippen LogP contribution in [0.25, 0.3) is 0 Å². The van der Waals surface area contributed by atoms with Crippen LogP contribution in [0.2, 0.25) is 0 Å². The minimum Gasteiger partial charge on any atom is -0.349 e. The normalized spacial score (nSPS) is 14.7. The molecule has 1 unspecified atom stereocenters. The first-order valence-electron chi connectivity index (χ1n) is 4.29. The molecule has 0 aromatic rings. The van der Waals surface area contributed by atoms with Crippen LogP contribution in [0.15, 0.2) is 12.7 Å². The molecule has 4 heteroatoms. The Labute approximate surface area is 84.1 Å². The lowest BCUT2D eigenvalue weighted by molar-refractivity contribution is -0.122. The zero-order valence-electron chi connectivity index (χ0n) is 8.25. The second-order valence-electron chi connectivity index (χ2n) is 2.92. The van der Waals surface area contributed by atoms with Crippen molar-refractivity contribution < 1.29 is 4.79 Å². The minimum atomic E-state index is -0.394. The highest BCUT2D eigenvalue weighted by Crippen LogP contribution is 1.99. The molecular formula is C9H18N2OS. The molecule has 0 radical (unpaired) electrons. The quantitative estimate of drug-likeness (QED) is 0.625. The first-order chi connectivity index (χ1) is 6.11. The predicted molar refractivity (Wildman–Crippen MR) is 58.8 cm³/mol. The van der Waals surface area contributed by atoms with Crippen LogP contribution in [-0.2, 0) is 4.79 Å². The Bertz CT molecular complexity index is 173. The number of carbonyl (C=O) groups is 1. The van der Waals surface area contributed by atoms with Crippen LogP contribution in [0, 0.1) is 0 Å². The maximum absolute atomic E-state index is 11.3. The minimum absolute atomic E-state index is 0.00664. The monoisotopic (exact) mass is 202 g/mol. The molecular weight excluding hydrogens is 184 g/mol. The van der Waals surface area contributed by atoms with Gasteiger partial charge in [-0.05, 0) is 25.4 Å². The fourth-order valence-electron chi connectivity index (χ4n) is 0.766. The summed E-state index contributed by atoms with van der Waals surface area (Å²) in [4.78, 5) is 11.3. The number of nitrogens with one attached hydrogen (secondary N) is 1. The molecule has 0 aromatic carbocycles. The van der Waals surface area contributed by atoms with Gasteiger partial charge in [-0.15, -0.1) is 6.58 Å². The summed E-state index contributed by atoms with van der Waals surface area (Å²) in [5, 5.41) is 2.75. The number of rotatable bonds is 6. The Morgan fingerprint density at radius 3 is 2.85 bits per heavy atom. The smallest absolute Gasteiger partial charge is 0.237 e. The molecule has 0 rings (SSSR count). The maximum atomic E-state index is 11.3. The molecule has 0 aromatic heterocycles. The van der Waals surface area contributed by atoms with Gasteiger partial charge in [0.05, 0.1) is 6.04 Å². The summed E-state index contributed by atoms with van der Waals surface area (Å²) in [6.45, 7) is 5.44. The van der Waals surface area contributed by atoms with Crippen molar-refractivity contribution in [2.24, 2.45) is 5.73 Å². The number of hydrogen-bond acceptors (Lipinski definition) is 3. The van der Waals surface area contributed by atoms with Gasteiger partial charge in [0.25, 0.3) is 0 Å². The van der Waals surface area contributed by atoms with E-state index in [4.69, 9.17) is 5.73 Å². The van der Waals surface area contributed by atoms with Gasteiger partial charge in [0.1, 0.15) is 0 Å². The molecule has 0 bridgehead atoms. The number of carbonyl (C=O) groups excluding carboxylic acids is 1. The highest BCUT2D eigenvalue weighted by atomic mass is 32.2. The maximum Gasteiger partial charge on any atom is 0.237 e. The van der Waals surface area contributed by atoms with Crippen LogP contribution in [0.1, 0.15) is 13.3 Å². The molecule has 0 aliphatic carbocycles. The Morgan fingerprint density at radius 1 is 1.77 bits per heavy atom. The topological polar surface area (TPSA) is 55.1 Å². The van der Waals surface area contributed by atoms with Crippen molar-refractivity contribution in [3.8, 4) is 0 Å². The lowest BCUT2D eigenvalue weighted by atomic mass is 10.2. The van der Waals surface area contributed by atoms with Gasteiger partial charge in [-0.1, -0.05) is 6.08 Å². The third-order valence-electron chi connectivity index (χ3n) is 1.69. The second kappa shape index (κ2) is 6.97. The number of amides is 1. The molecule has 0 spiro atoms. The highest BCUT2D eigenvalue weighted by Gasteiger charge is 2.13. The molecule has 0 aliphatic heterocycles. The van der Waals surface area contributed by atoms with Gasteiger partial charge in [-0.3, -0.25) is 4.79 Å². The first kappa shape index (κ1) is 12.5. The predicted octanol–water partition coefficient (Wildman–Crippen LogP) is 0.757. The van der Waals surface area contributed by atoms with Gasteiger partial charge in [0, 0.05) is 6.04 Å². The van der Waals surface area contributed by atoms with Crippen LogP contribution in [0.5, 0.6) is 0 Å². The SMILES string of the molecule is C=CC(C)NC(=O)[C@H](N)CCSC. The molecule has 0 aliphatic rings. The Kier molecular flexibility index (Phi) is 6.72. The van der Waals surface area contributed by atoms with E-state index in [-0.39, 0.29) is 11.9 Å². The summed E-state index contributed by atoms with van der Waals surface area (Å²) in [6.07, 6.45) is 4.40. The molecule has 0 heterocycles. The molecule has 0 fully saturated rings. The van der Waals surface area contributed by atoms with Crippen molar-refractivity contribution in [1.82, 2.24) is 5.32 Å². The van der Waals surface area contributed by atoms with E-state index in [1.165, 1.54) is 0 Å². The van der Waals surface area contributed by atoms with E-state index in [1.54, 1.807) is 17.8 Å². The van der Waals surface area contributed by atoms with Gasteiger partial charge in [0.2, 0.25) is 5.91 Å².